The number of hydrogen-bond donors (Lipinski definition) is 3. The van der Waals surface area contributed by atoms with Gasteiger partial charge in [-0.3, -0.25) is 4.78 Å². The molecule has 142 valence electrons. The summed E-state index contributed by atoms with van der Waals surface area (Å²) in [4.78, 5) is 11.7. The van der Waals surface area contributed by atoms with Gasteiger partial charge in [0.1, 0.15) is 17.8 Å². The molecule has 1 atom stereocenters. The molecule has 1 aliphatic rings. The van der Waals surface area contributed by atoms with E-state index in [0.717, 1.165) is 48.1 Å². The Hall–Kier alpha value is -2.41. The zero-order valence-electron chi connectivity index (χ0n) is 15.2. The van der Waals surface area contributed by atoms with Crippen molar-refractivity contribution in [3.63, 3.8) is 0 Å². The summed E-state index contributed by atoms with van der Waals surface area (Å²) in [5.74, 6) is 2.11. The highest BCUT2D eigenvalue weighted by Gasteiger charge is 2.25. The van der Waals surface area contributed by atoms with E-state index in [2.05, 4.69) is 20.3 Å². The summed E-state index contributed by atoms with van der Waals surface area (Å²) < 4.78 is 21.0. The summed E-state index contributed by atoms with van der Waals surface area (Å²) in [5, 5.41) is 4.55. The Kier molecular flexibility index (Phi) is 5.11. The van der Waals surface area contributed by atoms with Crippen LogP contribution in [0.15, 0.2) is 48.9 Å². The van der Waals surface area contributed by atoms with Gasteiger partial charge in [0.2, 0.25) is 0 Å². The van der Waals surface area contributed by atoms with Gasteiger partial charge < -0.3 is 10.3 Å². The Morgan fingerprint density at radius 3 is 2.67 bits per heavy atom. The largest absolute Gasteiger partial charge is 0.367 e. The first-order valence-electron chi connectivity index (χ1n) is 9.42. The fraction of sp³-hybridized carbons (Fsp3) is 0.400. The smallest absolute Gasteiger partial charge is 0.142 e. The number of hydrogen-bond acceptors (Lipinski definition) is 5. The van der Waals surface area contributed by atoms with Crippen molar-refractivity contribution in [2.75, 3.05) is 11.1 Å². The van der Waals surface area contributed by atoms with Gasteiger partial charge in [-0.15, -0.1) is 0 Å². The van der Waals surface area contributed by atoms with Gasteiger partial charge in [0.05, 0.1) is 11.1 Å². The molecule has 1 saturated carbocycles. The Morgan fingerprint density at radius 2 is 1.89 bits per heavy atom. The minimum atomic E-state index is -2.58. The molecular weight excluding hydrogens is 358 g/mol. The quantitative estimate of drug-likeness (QED) is 0.595. The van der Waals surface area contributed by atoms with Gasteiger partial charge in [-0.05, 0) is 43.2 Å². The lowest BCUT2D eigenvalue weighted by atomic mass is 9.87. The molecule has 0 spiro atoms. The SMILES string of the molecule is N=[S@](=O)(Cc1ccccc1)CC1CCC(Nc2ncnc3[nH]ccc23)CC1. The summed E-state index contributed by atoms with van der Waals surface area (Å²) in [6.07, 6.45) is 7.49. The lowest BCUT2D eigenvalue weighted by Crippen LogP contribution is -2.29. The molecule has 2 aromatic heterocycles. The van der Waals surface area contributed by atoms with E-state index >= 15 is 0 Å². The number of aromatic nitrogens is 3. The molecule has 27 heavy (non-hydrogen) atoms. The molecule has 4 rings (SSSR count). The van der Waals surface area contributed by atoms with Crippen LogP contribution in [0.1, 0.15) is 31.2 Å². The van der Waals surface area contributed by atoms with Gasteiger partial charge in [0.15, 0.2) is 0 Å². The van der Waals surface area contributed by atoms with Crippen molar-refractivity contribution in [3.8, 4) is 0 Å². The maximum atomic E-state index is 12.7. The summed E-state index contributed by atoms with van der Waals surface area (Å²) >= 11 is 0. The molecule has 1 aromatic carbocycles. The number of aromatic amines is 1. The summed E-state index contributed by atoms with van der Waals surface area (Å²) in [7, 11) is -2.58. The van der Waals surface area contributed by atoms with E-state index in [0.29, 0.717) is 23.5 Å². The summed E-state index contributed by atoms with van der Waals surface area (Å²) in [6, 6.07) is 12.1. The molecule has 0 radical (unpaired) electrons. The average Bonchev–Trinajstić information content (AvgIpc) is 3.13. The molecule has 0 unspecified atom stereocenters. The zero-order valence-corrected chi connectivity index (χ0v) is 16.0. The zero-order chi connectivity index (χ0) is 18.7. The van der Waals surface area contributed by atoms with Crippen molar-refractivity contribution in [2.45, 2.75) is 37.5 Å². The Balaban J connectivity index is 1.32. The standard InChI is InChI=1S/C20H25N5OS/c21-27(26,12-15-4-2-1-3-5-15)13-16-6-8-17(9-7-16)25-20-18-10-11-22-19(18)23-14-24-20/h1-5,10-11,14,16-17,21H,6-9,12-13H2,(H2,22,23,24,25)/t16?,17?,27-/m0/s1. The fourth-order valence-corrected chi connectivity index (χ4v) is 5.88. The van der Waals surface area contributed by atoms with E-state index in [1.165, 1.54) is 0 Å². The number of H-pyrrole nitrogens is 1. The van der Waals surface area contributed by atoms with E-state index < -0.39 is 9.73 Å². The number of benzene rings is 1. The number of nitrogens with zero attached hydrogens (tertiary/aromatic N) is 2. The van der Waals surface area contributed by atoms with Gasteiger partial charge in [-0.25, -0.2) is 14.2 Å². The van der Waals surface area contributed by atoms with E-state index in [1.54, 1.807) is 6.33 Å². The highest BCUT2D eigenvalue weighted by molar-refractivity contribution is 7.91. The van der Waals surface area contributed by atoms with Crippen LogP contribution in [0.2, 0.25) is 0 Å². The molecule has 3 N–H and O–H groups in total. The third-order valence-electron chi connectivity index (χ3n) is 5.29. The van der Waals surface area contributed by atoms with Crippen LogP contribution in [-0.2, 0) is 15.5 Å². The molecular formula is C20H25N5OS. The van der Waals surface area contributed by atoms with Crippen molar-refractivity contribution >= 4 is 26.6 Å². The van der Waals surface area contributed by atoms with E-state index in [1.807, 2.05) is 42.6 Å². The highest BCUT2D eigenvalue weighted by atomic mass is 32.2. The topological polar surface area (TPSA) is 94.5 Å². The van der Waals surface area contributed by atoms with E-state index in [4.69, 9.17) is 4.78 Å². The molecule has 1 aliphatic carbocycles. The molecule has 0 saturated heterocycles. The van der Waals surface area contributed by atoms with Gasteiger partial charge in [-0.1, -0.05) is 30.3 Å². The Labute approximate surface area is 159 Å². The van der Waals surface area contributed by atoms with Crippen LogP contribution in [0.4, 0.5) is 5.82 Å². The summed E-state index contributed by atoms with van der Waals surface area (Å²) in [5.41, 5.74) is 1.84. The van der Waals surface area contributed by atoms with Crippen LogP contribution in [0.5, 0.6) is 0 Å². The van der Waals surface area contributed by atoms with Crippen molar-refractivity contribution in [2.24, 2.45) is 5.92 Å². The predicted octanol–water partition coefficient (Wildman–Crippen LogP) is 4.18. The maximum absolute atomic E-state index is 12.7. The molecule has 3 aromatic rings. The lowest BCUT2D eigenvalue weighted by Gasteiger charge is -2.30. The second-order valence-corrected chi connectivity index (χ2v) is 9.68. The van der Waals surface area contributed by atoms with Gasteiger partial charge >= 0.3 is 0 Å². The number of nitrogens with one attached hydrogen (secondary N) is 3. The van der Waals surface area contributed by atoms with Crippen molar-refractivity contribution in [1.29, 1.82) is 4.78 Å². The number of fused-ring (bicyclic) bond motifs is 1. The third-order valence-corrected chi connectivity index (χ3v) is 7.10. The fourth-order valence-electron chi connectivity index (χ4n) is 3.94. The normalized spacial score (nSPS) is 22.4. The van der Waals surface area contributed by atoms with Gasteiger partial charge in [-0.2, -0.15) is 0 Å². The average molecular weight is 384 g/mol. The molecule has 0 aliphatic heterocycles. The molecule has 0 bridgehead atoms. The molecule has 7 heteroatoms. The second-order valence-electron chi connectivity index (χ2n) is 7.43. The first-order chi connectivity index (χ1) is 13.1. The van der Waals surface area contributed by atoms with E-state index in [-0.39, 0.29) is 0 Å². The molecule has 6 nitrogen and oxygen atoms in total. The van der Waals surface area contributed by atoms with Crippen molar-refractivity contribution in [1.82, 2.24) is 15.0 Å². The monoisotopic (exact) mass is 383 g/mol. The van der Waals surface area contributed by atoms with Crippen molar-refractivity contribution < 1.29 is 4.21 Å². The van der Waals surface area contributed by atoms with Crippen LogP contribution < -0.4 is 5.32 Å². The minimum Gasteiger partial charge on any atom is -0.367 e. The third kappa shape index (κ3) is 4.47. The number of anilines is 1. The van der Waals surface area contributed by atoms with Gasteiger partial charge in [0, 0.05) is 27.7 Å². The van der Waals surface area contributed by atoms with Crippen LogP contribution in [0, 0.1) is 10.7 Å². The second kappa shape index (κ2) is 7.68. The Bertz CT molecular complexity index is 991. The summed E-state index contributed by atoms with van der Waals surface area (Å²) in [6.45, 7) is 0. The van der Waals surface area contributed by atoms with E-state index in [9.17, 15) is 4.21 Å². The Morgan fingerprint density at radius 1 is 1.11 bits per heavy atom. The lowest BCUT2D eigenvalue weighted by molar-refractivity contribution is 0.363. The minimum absolute atomic E-state index is 0.360. The van der Waals surface area contributed by atoms with Gasteiger partial charge in [0.25, 0.3) is 0 Å². The van der Waals surface area contributed by atoms with Crippen LogP contribution in [0.25, 0.3) is 11.0 Å². The highest BCUT2D eigenvalue weighted by Crippen LogP contribution is 2.29. The van der Waals surface area contributed by atoms with Crippen LogP contribution >= 0.6 is 0 Å². The van der Waals surface area contributed by atoms with Crippen LogP contribution in [-0.4, -0.2) is 31.0 Å². The first-order valence-corrected chi connectivity index (χ1v) is 11.3. The molecule has 2 heterocycles. The van der Waals surface area contributed by atoms with Crippen LogP contribution in [0.3, 0.4) is 0 Å². The predicted molar refractivity (Wildman–Crippen MR) is 109 cm³/mol. The van der Waals surface area contributed by atoms with Crippen molar-refractivity contribution in [3.05, 3.63) is 54.5 Å². The number of rotatable bonds is 6. The maximum Gasteiger partial charge on any atom is 0.142 e. The molecule has 1 fully saturated rings. The molecule has 0 amide bonds. The first kappa shape index (κ1) is 18.0.